The van der Waals surface area contributed by atoms with Crippen LogP contribution in [0.4, 0.5) is 18.9 Å². The van der Waals surface area contributed by atoms with Crippen LogP contribution in [0.5, 0.6) is 17.2 Å². The number of carbonyl (C=O) groups is 1. The van der Waals surface area contributed by atoms with Gasteiger partial charge in [0.1, 0.15) is 6.54 Å². The highest BCUT2D eigenvalue weighted by Crippen LogP contribution is 2.37. The summed E-state index contributed by atoms with van der Waals surface area (Å²) in [6, 6.07) is 6.77. The Morgan fingerprint density at radius 2 is 1.70 bits per heavy atom. The molecule has 2 aromatic rings. The lowest BCUT2D eigenvalue weighted by Gasteiger charge is -2.22. The molecule has 0 aromatic heterocycles. The van der Waals surface area contributed by atoms with E-state index in [0.717, 1.165) is 24.5 Å². The Labute approximate surface area is 188 Å². The van der Waals surface area contributed by atoms with Crippen LogP contribution in [-0.2, 0) is 21.0 Å². The summed E-state index contributed by atoms with van der Waals surface area (Å²) in [7, 11) is 0.213. The summed E-state index contributed by atoms with van der Waals surface area (Å²) < 4.78 is 79.3. The zero-order valence-corrected chi connectivity index (χ0v) is 19.0. The van der Waals surface area contributed by atoms with Crippen molar-refractivity contribution in [1.82, 2.24) is 5.43 Å². The highest BCUT2D eigenvalue weighted by atomic mass is 32.2. The Morgan fingerprint density at radius 3 is 2.18 bits per heavy atom. The van der Waals surface area contributed by atoms with E-state index in [4.69, 9.17) is 14.2 Å². The molecule has 0 aliphatic heterocycles. The van der Waals surface area contributed by atoms with E-state index in [1.54, 1.807) is 12.1 Å². The molecule has 0 aliphatic carbocycles. The summed E-state index contributed by atoms with van der Waals surface area (Å²) in [4.78, 5) is 12.3. The molecule has 0 fully saturated rings. The number of nitrogens with zero attached hydrogens (tertiary/aromatic N) is 2. The molecule has 0 bridgehead atoms. The lowest BCUT2D eigenvalue weighted by atomic mass is 10.2. The number of ether oxygens (including phenoxy) is 3. The van der Waals surface area contributed by atoms with Gasteiger partial charge in [0, 0.05) is 5.56 Å². The molecule has 1 N–H and O–H groups in total. The lowest BCUT2D eigenvalue weighted by molar-refractivity contribution is -0.137. The number of hydrogen-bond donors (Lipinski definition) is 1. The molecule has 1 amide bonds. The lowest BCUT2D eigenvalue weighted by Crippen LogP contribution is -2.39. The van der Waals surface area contributed by atoms with Crippen molar-refractivity contribution in [3.8, 4) is 17.2 Å². The summed E-state index contributed by atoms with van der Waals surface area (Å²) in [6.45, 7) is -0.785. The first-order valence-corrected chi connectivity index (χ1v) is 11.0. The third-order valence-electron chi connectivity index (χ3n) is 4.24. The van der Waals surface area contributed by atoms with E-state index in [-0.39, 0.29) is 5.69 Å². The van der Waals surface area contributed by atoms with Gasteiger partial charge in [-0.2, -0.15) is 18.3 Å². The zero-order valence-electron chi connectivity index (χ0n) is 18.1. The molecule has 13 heteroatoms. The first-order chi connectivity index (χ1) is 15.4. The van der Waals surface area contributed by atoms with Gasteiger partial charge in [-0.3, -0.25) is 9.10 Å². The van der Waals surface area contributed by atoms with Crippen LogP contribution in [-0.4, -0.2) is 54.7 Å². The molecule has 0 heterocycles. The van der Waals surface area contributed by atoms with Crippen molar-refractivity contribution < 1.29 is 40.6 Å². The average Bonchev–Trinajstić information content (AvgIpc) is 2.75. The molecule has 9 nitrogen and oxygen atoms in total. The SMILES string of the molecule is COc1cc(/C=N\NC(=O)CN(c2cccc(C(F)(F)F)c2)S(C)(=O)=O)cc(OC)c1OC. The van der Waals surface area contributed by atoms with Gasteiger partial charge in [0.05, 0.1) is 45.1 Å². The second-order valence-electron chi connectivity index (χ2n) is 6.57. The molecule has 0 saturated heterocycles. The summed E-state index contributed by atoms with van der Waals surface area (Å²) in [5, 5.41) is 3.76. The molecular weight excluding hydrogens is 467 g/mol. The number of rotatable bonds is 9. The quantitative estimate of drug-likeness (QED) is 0.429. The van der Waals surface area contributed by atoms with Gasteiger partial charge >= 0.3 is 6.18 Å². The molecule has 0 saturated carbocycles. The van der Waals surface area contributed by atoms with Gasteiger partial charge < -0.3 is 14.2 Å². The fourth-order valence-electron chi connectivity index (χ4n) is 2.76. The van der Waals surface area contributed by atoms with Crippen molar-refractivity contribution in [2.45, 2.75) is 6.18 Å². The van der Waals surface area contributed by atoms with Gasteiger partial charge in [-0.25, -0.2) is 13.8 Å². The predicted octanol–water partition coefficient (Wildman–Crippen LogP) is 2.65. The standard InChI is InChI=1S/C20H22F3N3O6S/c1-30-16-8-13(9-17(31-2)19(16)32-3)11-24-25-18(27)12-26(33(4,28)29)15-7-5-6-14(10-15)20(21,22)23/h5-11H,12H2,1-4H3,(H,25,27)/b24-11-. The fourth-order valence-corrected chi connectivity index (χ4v) is 3.61. The van der Waals surface area contributed by atoms with Crippen molar-refractivity contribution >= 4 is 27.8 Å². The van der Waals surface area contributed by atoms with Crippen molar-refractivity contribution in [3.63, 3.8) is 0 Å². The molecule has 180 valence electrons. The second-order valence-corrected chi connectivity index (χ2v) is 8.48. The minimum atomic E-state index is -4.67. The predicted molar refractivity (Wildman–Crippen MR) is 115 cm³/mol. The first kappa shape index (κ1) is 25.8. The number of alkyl halides is 3. The van der Waals surface area contributed by atoms with E-state index in [0.29, 0.717) is 33.2 Å². The van der Waals surface area contributed by atoms with Crippen LogP contribution in [0.15, 0.2) is 41.5 Å². The Kier molecular flexibility index (Phi) is 8.14. The summed E-state index contributed by atoms with van der Waals surface area (Å²) >= 11 is 0. The van der Waals surface area contributed by atoms with Crippen molar-refractivity contribution in [2.24, 2.45) is 5.10 Å². The van der Waals surface area contributed by atoms with Gasteiger partial charge in [0.15, 0.2) is 11.5 Å². The van der Waals surface area contributed by atoms with Crippen LogP contribution in [0.25, 0.3) is 0 Å². The Bertz CT molecular complexity index is 1110. The second kappa shape index (κ2) is 10.4. The molecule has 0 spiro atoms. The number of carbonyl (C=O) groups excluding carboxylic acids is 1. The Hall–Kier alpha value is -3.48. The van der Waals surface area contributed by atoms with Crippen LogP contribution >= 0.6 is 0 Å². The smallest absolute Gasteiger partial charge is 0.416 e. The monoisotopic (exact) mass is 489 g/mol. The number of hydrogen-bond acceptors (Lipinski definition) is 7. The molecule has 2 rings (SSSR count). The summed E-state index contributed by atoms with van der Waals surface area (Å²) in [5.41, 5.74) is 1.25. The molecule has 0 radical (unpaired) electrons. The average molecular weight is 489 g/mol. The van der Waals surface area contributed by atoms with Crippen LogP contribution in [0.1, 0.15) is 11.1 Å². The molecular formula is C20H22F3N3O6S. The van der Waals surface area contributed by atoms with Gasteiger partial charge in [0.25, 0.3) is 5.91 Å². The molecule has 2 aromatic carbocycles. The number of hydrazone groups is 1. The maximum Gasteiger partial charge on any atom is 0.416 e. The van der Waals surface area contributed by atoms with Gasteiger partial charge in [0.2, 0.25) is 15.8 Å². The van der Waals surface area contributed by atoms with Crippen molar-refractivity contribution in [2.75, 3.05) is 38.4 Å². The normalized spacial score (nSPS) is 11.8. The molecule has 0 aliphatic rings. The van der Waals surface area contributed by atoms with Crippen LogP contribution < -0.4 is 23.9 Å². The number of benzene rings is 2. The third-order valence-corrected chi connectivity index (χ3v) is 5.38. The van der Waals surface area contributed by atoms with E-state index in [1.807, 2.05) is 0 Å². The zero-order chi connectivity index (χ0) is 24.8. The largest absolute Gasteiger partial charge is 0.493 e. The topological polar surface area (TPSA) is 107 Å². The number of nitrogens with one attached hydrogen (secondary N) is 1. The minimum absolute atomic E-state index is 0.309. The number of halogens is 3. The van der Waals surface area contributed by atoms with E-state index in [9.17, 15) is 26.4 Å². The van der Waals surface area contributed by atoms with Gasteiger partial charge in [-0.05, 0) is 30.3 Å². The Morgan fingerprint density at radius 1 is 1.09 bits per heavy atom. The van der Waals surface area contributed by atoms with Crippen LogP contribution in [0.3, 0.4) is 0 Å². The van der Waals surface area contributed by atoms with E-state index in [1.165, 1.54) is 27.5 Å². The third kappa shape index (κ3) is 6.75. The number of anilines is 1. The summed E-state index contributed by atoms with van der Waals surface area (Å²) in [6.07, 6.45) is -2.65. The molecule has 33 heavy (non-hydrogen) atoms. The van der Waals surface area contributed by atoms with Gasteiger partial charge in [-0.15, -0.1) is 0 Å². The Balaban J connectivity index is 2.20. The minimum Gasteiger partial charge on any atom is -0.493 e. The van der Waals surface area contributed by atoms with Crippen LogP contribution in [0, 0.1) is 0 Å². The number of methoxy groups -OCH3 is 3. The number of sulfonamides is 1. The van der Waals surface area contributed by atoms with E-state index < -0.39 is 34.2 Å². The van der Waals surface area contributed by atoms with Crippen molar-refractivity contribution in [3.05, 3.63) is 47.5 Å². The highest BCUT2D eigenvalue weighted by Gasteiger charge is 2.32. The molecule has 0 unspecified atom stereocenters. The van der Waals surface area contributed by atoms with Gasteiger partial charge in [-0.1, -0.05) is 6.07 Å². The first-order valence-electron chi connectivity index (χ1n) is 9.17. The molecule has 0 atom stereocenters. The highest BCUT2D eigenvalue weighted by molar-refractivity contribution is 7.92. The van der Waals surface area contributed by atoms with E-state index >= 15 is 0 Å². The fraction of sp³-hybridized carbons (Fsp3) is 0.300. The van der Waals surface area contributed by atoms with Crippen LogP contribution in [0.2, 0.25) is 0 Å². The number of amides is 1. The maximum absolute atomic E-state index is 13.0. The van der Waals surface area contributed by atoms with Crippen molar-refractivity contribution in [1.29, 1.82) is 0 Å². The maximum atomic E-state index is 13.0. The van der Waals surface area contributed by atoms with E-state index in [2.05, 4.69) is 10.5 Å². The summed E-state index contributed by atoms with van der Waals surface area (Å²) in [5.74, 6) is 0.169.